The molecule has 0 spiro atoms. The number of carbonyl (C=O) groups is 2. The van der Waals surface area contributed by atoms with Gasteiger partial charge in [0.2, 0.25) is 0 Å². The fraction of sp³-hybridized carbons (Fsp3) is 0.529. The number of nitrogens with two attached hydrogens (primary N) is 1. The van der Waals surface area contributed by atoms with Crippen LogP contribution in [0.2, 0.25) is 0 Å². The van der Waals surface area contributed by atoms with Crippen LogP contribution in [0.15, 0.2) is 23.1 Å². The molecule has 2 amide bonds. The summed E-state index contributed by atoms with van der Waals surface area (Å²) in [5.41, 5.74) is 5.93. The molecule has 8 nitrogen and oxygen atoms in total. The van der Waals surface area contributed by atoms with Gasteiger partial charge in [0.15, 0.2) is 0 Å². The first-order valence-electron chi connectivity index (χ1n) is 8.43. The van der Waals surface area contributed by atoms with Crippen molar-refractivity contribution in [1.82, 2.24) is 9.62 Å². The summed E-state index contributed by atoms with van der Waals surface area (Å²) >= 11 is 0. The largest absolute Gasteiger partial charge is 0.383 e. The van der Waals surface area contributed by atoms with Crippen LogP contribution >= 0.6 is 0 Å². The molecular formula is C17H25N3O5S. The molecular weight excluding hydrogens is 358 g/mol. The van der Waals surface area contributed by atoms with Crippen molar-refractivity contribution in [3.05, 3.63) is 29.3 Å². The van der Waals surface area contributed by atoms with Crippen molar-refractivity contribution in [3.63, 3.8) is 0 Å². The van der Waals surface area contributed by atoms with Crippen molar-refractivity contribution in [2.24, 2.45) is 11.7 Å². The first kappa shape index (κ1) is 20.3. The van der Waals surface area contributed by atoms with Crippen LogP contribution in [0.1, 0.15) is 41.0 Å². The van der Waals surface area contributed by atoms with Gasteiger partial charge in [0.25, 0.3) is 21.8 Å². The number of amides is 2. The van der Waals surface area contributed by atoms with Gasteiger partial charge in [-0.05, 0) is 30.5 Å². The molecule has 0 radical (unpaired) electrons. The molecule has 0 aliphatic carbocycles. The van der Waals surface area contributed by atoms with Crippen molar-refractivity contribution < 1.29 is 22.7 Å². The maximum Gasteiger partial charge on any atom is 0.269 e. The maximum absolute atomic E-state index is 12.6. The lowest BCUT2D eigenvalue weighted by Gasteiger charge is -2.19. The van der Waals surface area contributed by atoms with Gasteiger partial charge in [0, 0.05) is 25.3 Å². The second-order valence-corrected chi connectivity index (χ2v) is 8.45. The Morgan fingerprint density at radius 1 is 1.35 bits per heavy atom. The van der Waals surface area contributed by atoms with E-state index in [1.165, 1.54) is 25.3 Å². The van der Waals surface area contributed by atoms with Gasteiger partial charge in [-0.1, -0.05) is 13.8 Å². The third-order valence-electron chi connectivity index (χ3n) is 4.14. The summed E-state index contributed by atoms with van der Waals surface area (Å²) in [5, 5.41) is 2.81. The quantitative estimate of drug-likeness (QED) is 0.678. The Bertz CT molecular complexity index is 792. The number of methoxy groups -OCH3 is 1. The third-order valence-corrected chi connectivity index (χ3v) is 5.97. The first-order chi connectivity index (χ1) is 12.2. The Balaban J connectivity index is 2.27. The van der Waals surface area contributed by atoms with Crippen LogP contribution in [0.4, 0.5) is 0 Å². The highest BCUT2D eigenvalue weighted by Gasteiger charge is 2.41. The van der Waals surface area contributed by atoms with Crippen molar-refractivity contribution in [1.29, 1.82) is 0 Å². The van der Waals surface area contributed by atoms with E-state index in [0.29, 0.717) is 5.92 Å². The number of ether oxygens (including phenoxy) is 1. The molecule has 26 heavy (non-hydrogen) atoms. The number of carbonyl (C=O) groups excluding carboxylic acids is 2. The summed E-state index contributed by atoms with van der Waals surface area (Å²) in [6, 6.07) is 3.86. The van der Waals surface area contributed by atoms with Gasteiger partial charge < -0.3 is 15.8 Å². The lowest BCUT2D eigenvalue weighted by Crippen LogP contribution is -2.41. The van der Waals surface area contributed by atoms with Gasteiger partial charge in [0.1, 0.15) is 4.90 Å². The van der Waals surface area contributed by atoms with Crippen molar-refractivity contribution >= 4 is 21.8 Å². The molecule has 1 unspecified atom stereocenters. The number of fused-ring (bicyclic) bond motifs is 1. The number of hydrogen-bond acceptors (Lipinski definition) is 6. The summed E-state index contributed by atoms with van der Waals surface area (Å²) in [6.07, 6.45) is 0.717. The predicted molar refractivity (Wildman–Crippen MR) is 96.3 cm³/mol. The summed E-state index contributed by atoms with van der Waals surface area (Å²) in [4.78, 5) is 24.6. The number of benzene rings is 1. The Kier molecular flexibility index (Phi) is 6.38. The second-order valence-electron chi connectivity index (χ2n) is 6.62. The maximum atomic E-state index is 12.6. The zero-order valence-electron chi connectivity index (χ0n) is 15.2. The molecule has 1 aliphatic heterocycles. The molecule has 0 bridgehead atoms. The minimum atomic E-state index is -3.98. The summed E-state index contributed by atoms with van der Waals surface area (Å²) < 4.78 is 30.8. The number of hydrogen-bond donors (Lipinski definition) is 2. The van der Waals surface area contributed by atoms with E-state index in [0.717, 1.165) is 10.7 Å². The van der Waals surface area contributed by atoms with Crippen LogP contribution in [-0.4, -0.2) is 57.4 Å². The Hall–Kier alpha value is -1.97. The van der Waals surface area contributed by atoms with Crippen LogP contribution in [0.3, 0.4) is 0 Å². The average molecular weight is 383 g/mol. The van der Waals surface area contributed by atoms with E-state index in [4.69, 9.17) is 10.5 Å². The van der Waals surface area contributed by atoms with E-state index in [1.54, 1.807) is 0 Å². The van der Waals surface area contributed by atoms with Crippen LogP contribution in [0.5, 0.6) is 0 Å². The van der Waals surface area contributed by atoms with Crippen LogP contribution in [0, 0.1) is 5.92 Å². The van der Waals surface area contributed by atoms with E-state index in [2.05, 4.69) is 5.32 Å². The smallest absolute Gasteiger partial charge is 0.269 e. The SMILES string of the molecule is COCCN1C(=O)c2ccc(C(=O)NC(CN)CC(C)C)cc2S1(=O)=O. The van der Waals surface area contributed by atoms with Gasteiger partial charge in [-0.25, -0.2) is 12.7 Å². The van der Waals surface area contributed by atoms with Crippen LogP contribution in [0.25, 0.3) is 0 Å². The van der Waals surface area contributed by atoms with Gasteiger partial charge in [-0.3, -0.25) is 9.59 Å². The van der Waals surface area contributed by atoms with Gasteiger partial charge in [-0.2, -0.15) is 0 Å². The number of rotatable bonds is 8. The topological polar surface area (TPSA) is 119 Å². The molecule has 0 aromatic heterocycles. The number of sulfonamides is 1. The average Bonchev–Trinajstić information content (AvgIpc) is 2.78. The second kappa shape index (κ2) is 8.15. The molecule has 1 aliphatic rings. The molecule has 1 heterocycles. The molecule has 1 atom stereocenters. The van der Waals surface area contributed by atoms with E-state index < -0.39 is 21.8 Å². The highest BCUT2D eigenvalue weighted by molar-refractivity contribution is 7.90. The molecule has 0 saturated heterocycles. The fourth-order valence-corrected chi connectivity index (χ4v) is 4.44. The number of nitrogens with one attached hydrogen (secondary N) is 1. The minimum absolute atomic E-state index is 0.0650. The van der Waals surface area contributed by atoms with Gasteiger partial charge in [-0.15, -0.1) is 0 Å². The van der Waals surface area contributed by atoms with Crippen LogP contribution < -0.4 is 11.1 Å². The molecule has 144 valence electrons. The normalized spacial score (nSPS) is 16.7. The third kappa shape index (κ3) is 4.05. The predicted octanol–water partition coefficient (Wildman–Crippen LogP) is 0.581. The highest BCUT2D eigenvalue weighted by atomic mass is 32.2. The van der Waals surface area contributed by atoms with Crippen LogP contribution in [-0.2, 0) is 14.8 Å². The number of nitrogens with zero attached hydrogens (tertiary/aromatic N) is 1. The zero-order chi connectivity index (χ0) is 19.5. The Morgan fingerprint density at radius 3 is 2.62 bits per heavy atom. The summed E-state index contributed by atoms with van der Waals surface area (Å²) in [7, 11) is -2.55. The van der Waals surface area contributed by atoms with Crippen molar-refractivity contribution in [2.45, 2.75) is 31.2 Å². The van der Waals surface area contributed by atoms with Gasteiger partial charge >= 0.3 is 0 Å². The fourth-order valence-electron chi connectivity index (χ4n) is 2.86. The summed E-state index contributed by atoms with van der Waals surface area (Å²) in [6.45, 7) is 4.36. The molecule has 3 N–H and O–H groups in total. The molecule has 2 rings (SSSR count). The molecule has 9 heteroatoms. The van der Waals surface area contributed by atoms with E-state index >= 15 is 0 Å². The lowest BCUT2D eigenvalue weighted by atomic mass is 10.0. The Labute approximate surface area is 153 Å². The van der Waals surface area contributed by atoms with Gasteiger partial charge in [0.05, 0.1) is 18.7 Å². The lowest BCUT2D eigenvalue weighted by molar-refractivity contribution is 0.0835. The molecule has 1 aromatic carbocycles. The van der Waals surface area contributed by atoms with Crippen molar-refractivity contribution in [3.8, 4) is 0 Å². The zero-order valence-corrected chi connectivity index (χ0v) is 16.0. The first-order valence-corrected chi connectivity index (χ1v) is 9.87. The van der Waals surface area contributed by atoms with E-state index in [9.17, 15) is 18.0 Å². The molecule has 0 fully saturated rings. The Morgan fingerprint density at radius 2 is 2.04 bits per heavy atom. The molecule has 0 saturated carbocycles. The standard InChI is InChI=1S/C17H25N3O5S/c1-11(2)8-13(10-18)19-16(21)12-4-5-14-15(9-12)26(23,24)20(17(14)22)6-7-25-3/h4-5,9,11,13H,6-8,10,18H2,1-3H3,(H,19,21). The van der Waals surface area contributed by atoms with E-state index in [1.807, 2.05) is 13.8 Å². The monoisotopic (exact) mass is 383 g/mol. The molecule has 1 aromatic rings. The summed E-state index contributed by atoms with van der Waals surface area (Å²) in [5.74, 6) is -0.665. The van der Waals surface area contributed by atoms with Crippen molar-refractivity contribution in [2.75, 3.05) is 26.8 Å². The highest BCUT2D eigenvalue weighted by Crippen LogP contribution is 2.30. The van der Waals surface area contributed by atoms with E-state index in [-0.39, 0.29) is 41.8 Å². The minimum Gasteiger partial charge on any atom is -0.383 e.